The maximum absolute atomic E-state index is 13.1. The number of sulfonamides is 1. The minimum Gasteiger partial charge on any atom is -0.465 e. The SMILES string of the molecule is COC(=O)c1cccc(NC(=O)c2cc(C)c3c(c2)-c2ccccc2S(=O)(=O)N3C)c1C. The Bertz CT molecular complexity index is 1380. The number of methoxy groups -OCH3 is 1. The van der Waals surface area contributed by atoms with E-state index in [1.165, 1.54) is 18.5 Å². The number of carbonyl (C=O) groups excluding carboxylic acids is 2. The van der Waals surface area contributed by atoms with Crippen LogP contribution in [0.15, 0.2) is 59.5 Å². The highest BCUT2D eigenvalue weighted by Crippen LogP contribution is 2.44. The molecular formula is C24H22N2O5S. The van der Waals surface area contributed by atoms with Crippen LogP contribution in [0.25, 0.3) is 11.1 Å². The molecule has 0 spiro atoms. The summed E-state index contributed by atoms with van der Waals surface area (Å²) in [5.74, 6) is -0.848. The van der Waals surface area contributed by atoms with Gasteiger partial charge in [-0.05, 0) is 55.3 Å². The molecule has 0 atom stereocenters. The number of hydrogen-bond donors (Lipinski definition) is 1. The fourth-order valence-corrected chi connectivity index (χ4v) is 5.50. The van der Waals surface area contributed by atoms with Crippen LogP contribution in [0.2, 0.25) is 0 Å². The van der Waals surface area contributed by atoms with Crippen molar-refractivity contribution in [2.45, 2.75) is 18.7 Å². The molecule has 0 unspecified atom stereocenters. The number of hydrogen-bond acceptors (Lipinski definition) is 5. The van der Waals surface area contributed by atoms with Gasteiger partial charge in [-0.1, -0.05) is 24.3 Å². The van der Waals surface area contributed by atoms with Crippen molar-refractivity contribution in [2.75, 3.05) is 23.8 Å². The third-order valence-electron chi connectivity index (χ3n) is 5.68. The van der Waals surface area contributed by atoms with E-state index in [2.05, 4.69) is 5.32 Å². The first kappa shape index (κ1) is 21.6. The van der Waals surface area contributed by atoms with Crippen molar-refractivity contribution in [3.8, 4) is 11.1 Å². The van der Waals surface area contributed by atoms with E-state index in [-0.39, 0.29) is 10.8 Å². The van der Waals surface area contributed by atoms with Gasteiger partial charge in [-0.3, -0.25) is 9.10 Å². The van der Waals surface area contributed by atoms with Gasteiger partial charge in [0.2, 0.25) is 0 Å². The predicted octanol–water partition coefficient (Wildman–Crippen LogP) is 4.15. The number of esters is 1. The summed E-state index contributed by atoms with van der Waals surface area (Å²) in [7, 11) is -0.854. The molecule has 0 radical (unpaired) electrons. The van der Waals surface area contributed by atoms with Gasteiger partial charge in [0.25, 0.3) is 15.9 Å². The predicted molar refractivity (Wildman–Crippen MR) is 123 cm³/mol. The minimum atomic E-state index is -3.67. The van der Waals surface area contributed by atoms with Crippen LogP contribution in [0.5, 0.6) is 0 Å². The summed E-state index contributed by atoms with van der Waals surface area (Å²) in [5.41, 5.74) is 4.27. The molecule has 1 amide bonds. The lowest BCUT2D eigenvalue weighted by Gasteiger charge is -2.31. The summed E-state index contributed by atoms with van der Waals surface area (Å²) >= 11 is 0. The third kappa shape index (κ3) is 3.33. The zero-order chi connectivity index (χ0) is 23.2. The van der Waals surface area contributed by atoms with Crippen molar-refractivity contribution in [1.82, 2.24) is 0 Å². The molecule has 1 N–H and O–H groups in total. The number of anilines is 2. The second-order valence-corrected chi connectivity index (χ2v) is 9.52. The second kappa shape index (κ2) is 7.80. The van der Waals surface area contributed by atoms with Gasteiger partial charge in [0, 0.05) is 29.4 Å². The van der Waals surface area contributed by atoms with E-state index in [4.69, 9.17) is 4.74 Å². The van der Waals surface area contributed by atoms with Gasteiger partial charge in [-0.2, -0.15) is 0 Å². The molecule has 0 saturated carbocycles. The molecule has 1 aliphatic rings. The number of nitrogens with one attached hydrogen (secondary N) is 1. The number of amides is 1. The van der Waals surface area contributed by atoms with Crippen LogP contribution in [-0.2, 0) is 14.8 Å². The molecule has 0 aliphatic carbocycles. The van der Waals surface area contributed by atoms with Gasteiger partial charge in [-0.15, -0.1) is 0 Å². The molecule has 32 heavy (non-hydrogen) atoms. The van der Waals surface area contributed by atoms with E-state index in [1.807, 2.05) is 0 Å². The Hall–Kier alpha value is -3.65. The molecule has 0 bridgehead atoms. The normalized spacial score (nSPS) is 13.7. The minimum absolute atomic E-state index is 0.202. The standard InChI is InChI=1S/C24H22N2O5S/c1-14-12-16(23(27)25-20-10-7-9-17(15(20)2)24(28)31-4)13-19-18-8-5-6-11-21(18)32(29,30)26(3)22(14)19/h5-13H,1-4H3,(H,25,27). The molecule has 1 aliphatic heterocycles. The van der Waals surface area contributed by atoms with Crippen LogP contribution >= 0.6 is 0 Å². The number of ether oxygens (including phenoxy) is 1. The number of benzene rings is 3. The number of nitrogens with zero attached hydrogens (tertiary/aromatic N) is 1. The largest absolute Gasteiger partial charge is 0.465 e. The Balaban J connectivity index is 1.78. The summed E-state index contributed by atoms with van der Waals surface area (Å²) < 4.78 is 31.9. The molecule has 8 heteroatoms. The highest BCUT2D eigenvalue weighted by atomic mass is 32.2. The van der Waals surface area contributed by atoms with Crippen molar-refractivity contribution in [3.05, 3.63) is 76.9 Å². The molecular weight excluding hydrogens is 428 g/mol. The Morgan fingerprint density at radius 2 is 1.69 bits per heavy atom. The van der Waals surface area contributed by atoms with Crippen LogP contribution in [0.3, 0.4) is 0 Å². The molecule has 7 nitrogen and oxygen atoms in total. The van der Waals surface area contributed by atoms with Crippen LogP contribution in [0.4, 0.5) is 11.4 Å². The first-order valence-electron chi connectivity index (χ1n) is 9.89. The first-order chi connectivity index (χ1) is 15.2. The van der Waals surface area contributed by atoms with Gasteiger partial charge in [0.15, 0.2) is 0 Å². The summed E-state index contributed by atoms with van der Waals surface area (Å²) in [4.78, 5) is 25.3. The van der Waals surface area contributed by atoms with Gasteiger partial charge >= 0.3 is 5.97 Å². The summed E-state index contributed by atoms with van der Waals surface area (Å²) in [6.45, 7) is 3.51. The molecule has 1 heterocycles. The smallest absolute Gasteiger partial charge is 0.338 e. The fourth-order valence-electron chi connectivity index (χ4n) is 4.01. The Kier molecular flexibility index (Phi) is 5.26. The molecule has 4 rings (SSSR count). The number of rotatable bonds is 3. The van der Waals surface area contributed by atoms with Crippen molar-refractivity contribution in [3.63, 3.8) is 0 Å². The Morgan fingerprint density at radius 1 is 0.969 bits per heavy atom. The molecule has 3 aromatic rings. The van der Waals surface area contributed by atoms with E-state index >= 15 is 0 Å². The van der Waals surface area contributed by atoms with Crippen molar-refractivity contribution in [1.29, 1.82) is 0 Å². The van der Waals surface area contributed by atoms with E-state index < -0.39 is 16.0 Å². The fraction of sp³-hybridized carbons (Fsp3) is 0.167. The highest BCUT2D eigenvalue weighted by Gasteiger charge is 2.34. The van der Waals surface area contributed by atoms with E-state index in [9.17, 15) is 18.0 Å². The topological polar surface area (TPSA) is 92.8 Å². The highest BCUT2D eigenvalue weighted by molar-refractivity contribution is 7.93. The van der Waals surface area contributed by atoms with Gasteiger partial charge in [0.1, 0.15) is 0 Å². The Morgan fingerprint density at radius 3 is 2.41 bits per heavy atom. The lowest BCUT2D eigenvalue weighted by atomic mass is 9.96. The lowest BCUT2D eigenvalue weighted by Crippen LogP contribution is -2.31. The van der Waals surface area contributed by atoms with E-state index in [0.717, 1.165) is 0 Å². The maximum atomic E-state index is 13.1. The zero-order valence-electron chi connectivity index (χ0n) is 18.1. The second-order valence-electron chi connectivity index (χ2n) is 7.58. The van der Waals surface area contributed by atoms with E-state index in [1.54, 1.807) is 68.4 Å². The van der Waals surface area contributed by atoms with Crippen LogP contribution in [0.1, 0.15) is 31.8 Å². The Labute approximate surface area is 186 Å². The van der Waals surface area contributed by atoms with Crippen molar-refractivity contribution < 1.29 is 22.7 Å². The van der Waals surface area contributed by atoms with E-state index in [0.29, 0.717) is 44.8 Å². The van der Waals surface area contributed by atoms with Crippen LogP contribution < -0.4 is 9.62 Å². The number of carbonyl (C=O) groups is 2. The van der Waals surface area contributed by atoms with Gasteiger partial charge < -0.3 is 10.1 Å². The van der Waals surface area contributed by atoms with Gasteiger partial charge in [0.05, 0.1) is 23.3 Å². The molecule has 3 aromatic carbocycles. The van der Waals surface area contributed by atoms with Crippen molar-refractivity contribution >= 4 is 33.3 Å². The summed E-state index contributed by atoms with van der Waals surface area (Å²) in [6, 6.07) is 15.1. The monoisotopic (exact) mass is 450 g/mol. The first-order valence-corrected chi connectivity index (χ1v) is 11.3. The maximum Gasteiger partial charge on any atom is 0.338 e. The molecule has 164 valence electrons. The van der Waals surface area contributed by atoms with Crippen molar-refractivity contribution in [2.24, 2.45) is 0 Å². The quantitative estimate of drug-likeness (QED) is 0.605. The summed E-state index contributed by atoms with van der Waals surface area (Å²) in [6.07, 6.45) is 0. The zero-order valence-corrected chi connectivity index (χ0v) is 18.9. The van der Waals surface area contributed by atoms with Crippen LogP contribution in [-0.4, -0.2) is 34.5 Å². The molecule has 0 saturated heterocycles. The number of aryl methyl sites for hydroxylation is 1. The average molecular weight is 451 g/mol. The lowest BCUT2D eigenvalue weighted by molar-refractivity contribution is 0.0599. The van der Waals surface area contributed by atoms with Crippen LogP contribution in [0, 0.1) is 13.8 Å². The molecule has 0 aromatic heterocycles. The van der Waals surface area contributed by atoms with Gasteiger partial charge in [-0.25, -0.2) is 13.2 Å². The summed E-state index contributed by atoms with van der Waals surface area (Å²) in [5, 5.41) is 2.85. The number of fused-ring (bicyclic) bond motifs is 3. The molecule has 0 fully saturated rings. The third-order valence-corrected chi connectivity index (χ3v) is 7.50. The average Bonchev–Trinajstić information content (AvgIpc) is 2.78.